The smallest absolute Gasteiger partial charge is 0.338 e. The highest BCUT2D eigenvalue weighted by molar-refractivity contribution is 5.89. The summed E-state index contributed by atoms with van der Waals surface area (Å²) >= 11 is 0. The fourth-order valence-corrected chi connectivity index (χ4v) is 4.22. The lowest BCUT2D eigenvalue weighted by Gasteiger charge is -2.40. The number of hydrogen-bond acceptors (Lipinski definition) is 6. The van der Waals surface area contributed by atoms with Crippen LogP contribution in [0.3, 0.4) is 0 Å². The Balaban J connectivity index is 2.01. The van der Waals surface area contributed by atoms with E-state index < -0.39 is 35.3 Å². The maximum atomic E-state index is 12.7. The van der Waals surface area contributed by atoms with Crippen molar-refractivity contribution in [3.8, 4) is 0 Å². The number of hydrogen-bond donors (Lipinski definition) is 2. The third-order valence-electron chi connectivity index (χ3n) is 6.49. The number of aliphatic hydroxyl groups is 2. The molecule has 0 radical (unpaired) electrons. The van der Waals surface area contributed by atoms with Crippen molar-refractivity contribution >= 4 is 11.9 Å². The van der Waals surface area contributed by atoms with Crippen LogP contribution in [0.5, 0.6) is 0 Å². The second kappa shape index (κ2) is 6.18. The van der Waals surface area contributed by atoms with Crippen LogP contribution >= 0.6 is 0 Å². The van der Waals surface area contributed by atoms with E-state index in [1.165, 1.54) is 6.92 Å². The Morgan fingerprint density at radius 1 is 1.35 bits per heavy atom. The molecule has 0 bridgehead atoms. The van der Waals surface area contributed by atoms with E-state index in [0.717, 1.165) is 0 Å². The molecular weight excluding hydrogens is 338 g/mol. The summed E-state index contributed by atoms with van der Waals surface area (Å²) in [5.74, 6) is -1.80. The number of quaternary nitrogens is 1. The van der Waals surface area contributed by atoms with E-state index in [-0.39, 0.29) is 13.0 Å². The lowest BCUT2D eigenvalue weighted by atomic mass is 9.85. The fourth-order valence-electron chi connectivity index (χ4n) is 4.22. The highest BCUT2D eigenvalue weighted by Crippen LogP contribution is 2.45. The normalized spacial score (nSPS) is 45.3. The molecule has 0 saturated carbocycles. The van der Waals surface area contributed by atoms with E-state index in [0.29, 0.717) is 35.1 Å². The van der Waals surface area contributed by atoms with Crippen LogP contribution in [0.2, 0.25) is 0 Å². The van der Waals surface area contributed by atoms with Crippen LogP contribution in [0.1, 0.15) is 33.6 Å². The van der Waals surface area contributed by atoms with Gasteiger partial charge in [0.2, 0.25) is 0 Å². The zero-order valence-corrected chi connectivity index (χ0v) is 15.8. The second-order valence-electron chi connectivity index (χ2n) is 8.08. The molecule has 7 nitrogen and oxygen atoms in total. The molecule has 2 fully saturated rings. The van der Waals surface area contributed by atoms with Crippen molar-refractivity contribution in [1.29, 1.82) is 0 Å². The third kappa shape index (κ3) is 2.61. The van der Waals surface area contributed by atoms with E-state index in [1.807, 2.05) is 13.1 Å². The van der Waals surface area contributed by atoms with Crippen molar-refractivity contribution < 1.29 is 33.8 Å². The highest BCUT2D eigenvalue weighted by atomic mass is 16.6. The molecular formula is C19H28NO6+. The number of rotatable bonds is 0. The van der Waals surface area contributed by atoms with Gasteiger partial charge in [-0.05, 0) is 32.3 Å². The van der Waals surface area contributed by atoms with E-state index in [4.69, 9.17) is 9.47 Å². The van der Waals surface area contributed by atoms with E-state index >= 15 is 0 Å². The van der Waals surface area contributed by atoms with Gasteiger partial charge in [0.15, 0.2) is 11.7 Å². The zero-order valence-electron chi connectivity index (χ0n) is 15.8. The minimum Gasteiger partial charge on any atom is -0.459 e. The molecule has 3 heterocycles. The van der Waals surface area contributed by atoms with Crippen LogP contribution in [0.4, 0.5) is 0 Å². The molecule has 0 amide bonds. The minimum atomic E-state index is -1.75. The molecule has 0 aliphatic carbocycles. The predicted molar refractivity (Wildman–Crippen MR) is 92.6 cm³/mol. The van der Waals surface area contributed by atoms with Crippen molar-refractivity contribution in [3.05, 3.63) is 23.3 Å². The standard InChI is InChI=1S/C19H28NO6/c1-5-13-10-12(2)18(3,23)17(22)25-11-14-6-8-20(4)9-7-15(19(14,20)24)26-16(13)21/h5-6,12,15,23-24H,7-11H2,1-4H3/q+1/b13-5-/t12-,15-,18-,19?,20?/m1/s1. The van der Waals surface area contributed by atoms with E-state index in [9.17, 15) is 19.8 Å². The Morgan fingerprint density at radius 3 is 2.69 bits per heavy atom. The summed E-state index contributed by atoms with van der Waals surface area (Å²) in [4.78, 5) is 25.2. The quantitative estimate of drug-likeness (QED) is 0.283. The summed E-state index contributed by atoms with van der Waals surface area (Å²) < 4.78 is 11.4. The predicted octanol–water partition coefficient (Wildman–Crippen LogP) is 0.657. The summed E-state index contributed by atoms with van der Waals surface area (Å²) in [5, 5.41) is 22.1. The lowest BCUT2D eigenvalue weighted by molar-refractivity contribution is -0.955. The molecule has 2 unspecified atom stereocenters. The van der Waals surface area contributed by atoms with Gasteiger partial charge in [-0.1, -0.05) is 13.0 Å². The van der Waals surface area contributed by atoms with E-state index in [2.05, 4.69) is 0 Å². The van der Waals surface area contributed by atoms with Gasteiger partial charge in [0.1, 0.15) is 13.2 Å². The number of likely N-dealkylation sites (N-methyl/N-ethyl adjacent to an activating group) is 1. The van der Waals surface area contributed by atoms with Crippen molar-refractivity contribution in [2.75, 3.05) is 26.7 Å². The van der Waals surface area contributed by atoms with Crippen LogP contribution in [-0.2, 0) is 19.1 Å². The van der Waals surface area contributed by atoms with Crippen LogP contribution in [0.15, 0.2) is 23.3 Å². The zero-order chi connectivity index (χ0) is 19.3. The van der Waals surface area contributed by atoms with Crippen LogP contribution in [0.25, 0.3) is 0 Å². The second-order valence-corrected chi connectivity index (χ2v) is 8.08. The van der Waals surface area contributed by atoms with Gasteiger partial charge in [-0.2, -0.15) is 0 Å². The molecule has 2 N–H and O–H groups in total. The minimum absolute atomic E-state index is 0.128. The number of cyclic esters (lactones) is 1. The topological polar surface area (TPSA) is 93.1 Å². The van der Waals surface area contributed by atoms with E-state index in [1.54, 1.807) is 19.9 Å². The molecule has 3 aliphatic rings. The largest absolute Gasteiger partial charge is 0.459 e. The summed E-state index contributed by atoms with van der Waals surface area (Å²) in [5.41, 5.74) is -2.26. The van der Waals surface area contributed by atoms with Gasteiger partial charge in [0, 0.05) is 12.0 Å². The highest BCUT2D eigenvalue weighted by Gasteiger charge is 2.65. The first-order valence-corrected chi connectivity index (χ1v) is 9.08. The Hall–Kier alpha value is -1.70. The first kappa shape index (κ1) is 19.1. The molecule has 144 valence electrons. The molecule has 0 spiro atoms. The summed E-state index contributed by atoms with van der Waals surface area (Å²) in [6, 6.07) is 0. The molecule has 3 aliphatic heterocycles. The molecule has 7 heteroatoms. The summed E-state index contributed by atoms with van der Waals surface area (Å²) in [7, 11) is 1.90. The monoisotopic (exact) mass is 366 g/mol. The average molecular weight is 366 g/mol. The molecule has 2 saturated heterocycles. The Bertz CT molecular complexity index is 696. The van der Waals surface area contributed by atoms with Gasteiger partial charge in [0.25, 0.3) is 5.72 Å². The first-order chi connectivity index (χ1) is 12.1. The SMILES string of the molecule is C/C=C1/C[C@@H](C)[C@@](C)(O)C(=O)OCC2=CC[N+]3(C)CC[C@@H](OC1=O)C23O. The Kier molecular flexibility index (Phi) is 4.53. The van der Waals surface area contributed by atoms with Crippen molar-refractivity contribution in [3.63, 3.8) is 0 Å². The Labute approximate surface area is 153 Å². The number of esters is 2. The average Bonchev–Trinajstić information content (AvgIpc) is 2.98. The summed E-state index contributed by atoms with van der Waals surface area (Å²) in [6.07, 6.45) is 3.49. The lowest BCUT2D eigenvalue weighted by Crippen LogP contribution is -2.61. The molecule has 0 aromatic heterocycles. The number of ether oxygens (including phenoxy) is 2. The molecule has 0 aromatic carbocycles. The molecule has 5 atom stereocenters. The molecule has 0 aromatic rings. The number of carbonyl (C=O) groups excluding carboxylic acids is 2. The number of carbonyl (C=O) groups is 2. The third-order valence-corrected chi connectivity index (χ3v) is 6.49. The van der Waals surface area contributed by atoms with Crippen LogP contribution in [0, 0.1) is 5.92 Å². The molecule has 26 heavy (non-hydrogen) atoms. The van der Waals surface area contributed by atoms with Gasteiger partial charge < -0.3 is 19.7 Å². The summed E-state index contributed by atoms with van der Waals surface area (Å²) in [6.45, 7) is 5.89. The molecule has 3 rings (SSSR count). The Morgan fingerprint density at radius 2 is 2.04 bits per heavy atom. The van der Waals surface area contributed by atoms with Crippen LogP contribution < -0.4 is 0 Å². The van der Waals surface area contributed by atoms with Crippen molar-refractivity contribution in [2.24, 2.45) is 5.92 Å². The van der Waals surface area contributed by atoms with Gasteiger partial charge in [-0.15, -0.1) is 0 Å². The van der Waals surface area contributed by atoms with Gasteiger partial charge in [-0.25, -0.2) is 9.59 Å². The maximum absolute atomic E-state index is 12.7. The maximum Gasteiger partial charge on any atom is 0.338 e. The van der Waals surface area contributed by atoms with Crippen molar-refractivity contribution in [2.45, 2.75) is 51.0 Å². The van der Waals surface area contributed by atoms with Gasteiger partial charge in [-0.3, -0.25) is 4.48 Å². The first-order valence-electron chi connectivity index (χ1n) is 9.08. The van der Waals surface area contributed by atoms with Crippen LogP contribution in [-0.4, -0.2) is 70.8 Å². The number of nitrogens with zero attached hydrogens (tertiary/aromatic N) is 1. The van der Waals surface area contributed by atoms with Gasteiger partial charge in [0.05, 0.1) is 19.2 Å². The number of allylic oxidation sites excluding steroid dienone is 1. The fraction of sp³-hybridized carbons (Fsp3) is 0.684. The van der Waals surface area contributed by atoms with Gasteiger partial charge >= 0.3 is 11.9 Å². The van der Waals surface area contributed by atoms with Crippen molar-refractivity contribution in [1.82, 2.24) is 0 Å².